The van der Waals surface area contributed by atoms with Gasteiger partial charge < -0.3 is 20.1 Å². The number of fused-ring (bicyclic) bond motifs is 1. The Bertz CT molecular complexity index is 1310. The molecule has 0 unspecified atom stereocenters. The van der Waals surface area contributed by atoms with E-state index in [-0.39, 0.29) is 34.3 Å². The van der Waals surface area contributed by atoms with Gasteiger partial charge in [-0.3, -0.25) is 4.57 Å². The minimum absolute atomic E-state index is 0.0100. The molecule has 2 aromatic heterocycles. The maximum absolute atomic E-state index is 12.8. The van der Waals surface area contributed by atoms with Crippen molar-refractivity contribution in [3.05, 3.63) is 64.8 Å². The number of hydrogen-bond acceptors (Lipinski definition) is 6. The van der Waals surface area contributed by atoms with Gasteiger partial charge in [-0.2, -0.15) is 13.2 Å². The first kappa shape index (κ1) is 21.5. The zero-order chi connectivity index (χ0) is 23.0. The quantitative estimate of drug-likeness (QED) is 0.351. The van der Waals surface area contributed by atoms with E-state index in [1.807, 2.05) is 0 Å². The fourth-order valence-corrected chi connectivity index (χ4v) is 4.11. The average Bonchev–Trinajstić information content (AvgIpc) is 3.30. The third kappa shape index (κ3) is 4.33. The third-order valence-corrected chi connectivity index (χ3v) is 5.76. The van der Waals surface area contributed by atoms with Crippen molar-refractivity contribution in [3.8, 4) is 22.2 Å². The minimum Gasteiger partial charge on any atom is -0.504 e. The van der Waals surface area contributed by atoms with Gasteiger partial charge in [0.2, 0.25) is 0 Å². The maximum Gasteiger partial charge on any atom is 0.393 e. The molecule has 0 fully saturated rings. The first-order chi connectivity index (χ1) is 15.1. The van der Waals surface area contributed by atoms with E-state index in [9.17, 15) is 33.3 Å². The number of carboxylic acids is 1. The highest BCUT2D eigenvalue weighted by Crippen LogP contribution is 2.36. The zero-order valence-electron chi connectivity index (χ0n) is 16.1. The Morgan fingerprint density at radius 2 is 1.78 bits per heavy atom. The summed E-state index contributed by atoms with van der Waals surface area (Å²) >= 11 is 0.874. The van der Waals surface area contributed by atoms with E-state index in [2.05, 4.69) is 4.98 Å². The minimum atomic E-state index is -4.39. The van der Waals surface area contributed by atoms with E-state index in [1.54, 1.807) is 6.07 Å². The molecule has 0 spiro atoms. The molecule has 4 rings (SSSR count). The van der Waals surface area contributed by atoms with Crippen LogP contribution in [0.3, 0.4) is 0 Å². The van der Waals surface area contributed by atoms with E-state index in [4.69, 9.17) is 4.74 Å². The molecule has 7 nitrogen and oxygen atoms in total. The van der Waals surface area contributed by atoms with Gasteiger partial charge in [-0.05, 0) is 11.1 Å². The van der Waals surface area contributed by atoms with E-state index in [1.165, 1.54) is 47.3 Å². The van der Waals surface area contributed by atoms with Crippen molar-refractivity contribution in [2.45, 2.75) is 19.2 Å². The summed E-state index contributed by atoms with van der Waals surface area (Å²) in [6.07, 6.45) is -4.12. The smallest absolute Gasteiger partial charge is 0.393 e. The summed E-state index contributed by atoms with van der Waals surface area (Å²) in [6.45, 7) is -0.248. The van der Waals surface area contributed by atoms with E-state index >= 15 is 0 Å². The number of rotatable bonds is 6. The van der Waals surface area contributed by atoms with Gasteiger partial charge in [-0.15, -0.1) is 11.3 Å². The van der Waals surface area contributed by atoms with Crippen LogP contribution in [0, 0.1) is 0 Å². The highest BCUT2D eigenvalue weighted by Gasteiger charge is 2.29. The van der Waals surface area contributed by atoms with Gasteiger partial charge in [0, 0.05) is 18.2 Å². The summed E-state index contributed by atoms with van der Waals surface area (Å²) in [7, 11) is 0. The molecule has 32 heavy (non-hydrogen) atoms. The van der Waals surface area contributed by atoms with Gasteiger partial charge in [0.15, 0.2) is 16.4 Å². The van der Waals surface area contributed by atoms with Crippen LogP contribution in [0.1, 0.15) is 20.8 Å². The molecular weight excluding hydrogens is 449 g/mol. The summed E-state index contributed by atoms with van der Waals surface area (Å²) in [4.78, 5) is 15.7. The SMILES string of the molecule is O=C(O)c1sc(-n2cnc3cc(O)c(O)cc32)cc1OCc1ccccc1CC(F)(F)F. The number of alkyl halides is 3. The Morgan fingerprint density at radius 3 is 2.47 bits per heavy atom. The fraction of sp³-hybridized carbons (Fsp3) is 0.143. The number of carbonyl (C=O) groups is 1. The molecule has 11 heteroatoms. The first-order valence-electron chi connectivity index (χ1n) is 9.15. The topological polar surface area (TPSA) is 105 Å². The molecule has 3 N–H and O–H groups in total. The van der Waals surface area contributed by atoms with Crippen LogP contribution in [0.2, 0.25) is 0 Å². The molecule has 2 heterocycles. The van der Waals surface area contributed by atoms with Crippen LogP contribution < -0.4 is 4.74 Å². The molecule has 166 valence electrons. The van der Waals surface area contributed by atoms with Crippen molar-refractivity contribution in [2.24, 2.45) is 0 Å². The normalized spacial score (nSPS) is 11.7. The summed E-state index contributed by atoms with van der Waals surface area (Å²) in [5.74, 6) is -1.98. The van der Waals surface area contributed by atoms with Gasteiger partial charge in [0.25, 0.3) is 0 Å². The van der Waals surface area contributed by atoms with E-state index in [0.29, 0.717) is 21.6 Å². The number of aromatic carboxylic acids is 1. The predicted octanol–water partition coefficient (Wildman–Crippen LogP) is 4.88. The molecule has 0 radical (unpaired) electrons. The molecule has 0 saturated carbocycles. The number of hydrogen-bond donors (Lipinski definition) is 3. The lowest BCUT2D eigenvalue weighted by Gasteiger charge is -2.12. The first-order valence-corrected chi connectivity index (χ1v) is 9.97. The number of ether oxygens (including phenoxy) is 1. The number of carboxylic acid groups (broad SMARTS) is 1. The average molecular weight is 464 g/mol. The van der Waals surface area contributed by atoms with Crippen LogP contribution in [0.5, 0.6) is 17.2 Å². The summed E-state index contributed by atoms with van der Waals surface area (Å²) in [6, 6.07) is 9.90. The summed E-state index contributed by atoms with van der Waals surface area (Å²) in [5.41, 5.74) is 1.13. The molecule has 0 saturated heterocycles. The Balaban J connectivity index is 1.66. The lowest BCUT2D eigenvalue weighted by Crippen LogP contribution is -2.14. The molecule has 0 aliphatic heterocycles. The van der Waals surface area contributed by atoms with Crippen molar-refractivity contribution in [3.63, 3.8) is 0 Å². The molecular formula is C21H15F3N2O5S. The highest BCUT2D eigenvalue weighted by atomic mass is 32.1. The third-order valence-electron chi connectivity index (χ3n) is 4.65. The molecule has 0 aliphatic rings. The zero-order valence-corrected chi connectivity index (χ0v) is 16.9. The molecule has 2 aromatic carbocycles. The lowest BCUT2D eigenvalue weighted by molar-refractivity contribution is -0.127. The highest BCUT2D eigenvalue weighted by molar-refractivity contribution is 7.16. The lowest BCUT2D eigenvalue weighted by atomic mass is 10.1. The predicted molar refractivity (Wildman–Crippen MR) is 110 cm³/mol. The molecule has 4 aromatic rings. The fourth-order valence-electron chi connectivity index (χ4n) is 3.19. The van der Waals surface area contributed by atoms with Crippen molar-refractivity contribution in [1.29, 1.82) is 0 Å². The number of aromatic nitrogens is 2. The standard InChI is InChI=1S/C21H15F3N2O5S/c22-21(23,24)8-11-3-1-2-4-12(11)9-31-17-7-18(32-19(17)20(29)30)26-10-25-13-5-15(27)16(28)6-14(13)26/h1-7,10,27-28H,8-9H2,(H,29,30). The van der Waals surface area contributed by atoms with E-state index in [0.717, 1.165) is 11.3 Å². The van der Waals surface area contributed by atoms with Gasteiger partial charge in [0.1, 0.15) is 23.7 Å². The van der Waals surface area contributed by atoms with Gasteiger partial charge in [0.05, 0.1) is 17.5 Å². The molecule has 0 bridgehead atoms. The summed E-state index contributed by atoms with van der Waals surface area (Å²) in [5, 5.41) is 29.4. The number of thiophene rings is 1. The second-order valence-corrected chi connectivity index (χ2v) is 7.91. The van der Waals surface area contributed by atoms with Crippen molar-refractivity contribution >= 4 is 28.3 Å². The molecule has 0 aliphatic carbocycles. The molecule has 0 atom stereocenters. The summed E-state index contributed by atoms with van der Waals surface area (Å²) < 4.78 is 45.6. The second-order valence-electron chi connectivity index (χ2n) is 6.88. The van der Waals surface area contributed by atoms with Crippen LogP contribution in [-0.4, -0.2) is 37.0 Å². The number of phenols is 2. The van der Waals surface area contributed by atoms with Crippen LogP contribution >= 0.6 is 11.3 Å². The monoisotopic (exact) mass is 464 g/mol. The van der Waals surface area contributed by atoms with Gasteiger partial charge in [-0.25, -0.2) is 9.78 Å². The Kier molecular flexibility index (Phi) is 5.43. The number of benzene rings is 2. The number of halogens is 3. The molecule has 0 amide bonds. The van der Waals surface area contributed by atoms with Crippen LogP contribution in [0.15, 0.2) is 48.8 Å². The largest absolute Gasteiger partial charge is 0.504 e. The van der Waals surface area contributed by atoms with Crippen molar-refractivity contribution in [2.75, 3.05) is 0 Å². The van der Waals surface area contributed by atoms with Crippen LogP contribution in [-0.2, 0) is 13.0 Å². The number of phenolic OH excluding ortho intramolecular Hbond substituents is 2. The van der Waals surface area contributed by atoms with Crippen LogP contribution in [0.4, 0.5) is 13.2 Å². The maximum atomic E-state index is 12.8. The Morgan fingerprint density at radius 1 is 1.09 bits per heavy atom. The van der Waals surface area contributed by atoms with Gasteiger partial charge >= 0.3 is 12.1 Å². The Labute approximate surface area is 182 Å². The van der Waals surface area contributed by atoms with Crippen molar-refractivity contribution < 1.29 is 38.0 Å². The second kappa shape index (κ2) is 8.08. The Hall–Kier alpha value is -3.73. The number of imidazole rings is 1. The van der Waals surface area contributed by atoms with Crippen LogP contribution in [0.25, 0.3) is 16.0 Å². The van der Waals surface area contributed by atoms with E-state index < -0.39 is 18.6 Å². The number of nitrogens with zero attached hydrogens (tertiary/aromatic N) is 2. The van der Waals surface area contributed by atoms with Crippen molar-refractivity contribution in [1.82, 2.24) is 9.55 Å². The number of aromatic hydroxyl groups is 2. The van der Waals surface area contributed by atoms with Gasteiger partial charge in [-0.1, -0.05) is 24.3 Å².